The largest absolute Gasteiger partial charge is 0.346 e. The Morgan fingerprint density at radius 3 is 2.86 bits per heavy atom. The van der Waals surface area contributed by atoms with Crippen molar-refractivity contribution in [3.8, 4) is 0 Å². The molecular weight excluding hydrogens is 280 g/mol. The maximum absolute atomic E-state index is 12.3. The molecular formula is C15H22N6O. The van der Waals surface area contributed by atoms with Crippen LogP contribution in [0.4, 0.5) is 0 Å². The summed E-state index contributed by atoms with van der Waals surface area (Å²) < 4.78 is 3.71. The van der Waals surface area contributed by atoms with Crippen LogP contribution in [0.15, 0.2) is 18.6 Å². The summed E-state index contributed by atoms with van der Waals surface area (Å²) in [6, 6.07) is 1.92. The third-order valence-corrected chi connectivity index (χ3v) is 4.11. The van der Waals surface area contributed by atoms with Gasteiger partial charge in [-0.25, -0.2) is 9.67 Å². The molecule has 0 radical (unpaired) electrons. The number of carbonyl (C=O) groups excluding carboxylic acids is 1. The quantitative estimate of drug-likeness (QED) is 0.840. The van der Waals surface area contributed by atoms with E-state index in [0.29, 0.717) is 18.9 Å². The highest BCUT2D eigenvalue weighted by Gasteiger charge is 2.36. The summed E-state index contributed by atoms with van der Waals surface area (Å²) in [6.45, 7) is 5.38. The second-order valence-electron chi connectivity index (χ2n) is 5.76. The van der Waals surface area contributed by atoms with E-state index in [9.17, 15) is 4.79 Å². The minimum Gasteiger partial charge on any atom is -0.346 e. The van der Waals surface area contributed by atoms with Gasteiger partial charge in [0.05, 0.1) is 6.04 Å². The van der Waals surface area contributed by atoms with Crippen molar-refractivity contribution in [3.05, 3.63) is 30.1 Å². The molecule has 2 aromatic heterocycles. The van der Waals surface area contributed by atoms with E-state index in [0.717, 1.165) is 30.9 Å². The van der Waals surface area contributed by atoms with Crippen LogP contribution in [0.2, 0.25) is 0 Å². The molecule has 1 N–H and O–H groups in total. The number of hydrogen-bond acceptors (Lipinski definition) is 4. The highest BCUT2D eigenvalue weighted by atomic mass is 16.1. The summed E-state index contributed by atoms with van der Waals surface area (Å²) in [7, 11) is 0. The molecule has 118 valence electrons. The van der Waals surface area contributed by atoms with Crippen molar-refractivity contribution in [1.29, 1.82) is 0 Å². The smallest absolute Gasteiger partial charge is 0.222 e. The van der Waals surface area contributed by atoms with Crippen molar-refractivity contribution in [2.45, 2.75) is 52.2 Å². The summed E-state index contributed by atoms with van der Waals surface area (Å²) in [6.07, 6.45) is 6.02. The highest BCUT2D eigenvalue weighted by molar-refractivity contribution is 5.76. The molecule has 0 aliphatic heterocycles. The Bertz CT molecular complexity index is 642. The predicted molar refractivity (Wildman–Crippen MR) is 80.9 cm³/mol. The molecule has 22 heavy (non-hydrogen) atoms. The topological polar surface area (TPSA) is 77.6 Å². The fourth-order valence-electron chi connectivity index (χ4n) is 2.67. The van der Waals surface area contributed by atoms with Gasteiger partial charge in [0.2, 0.25) is 5.91 Å². The molecule has 2 heterocycles. The number of hydrogen-bond donors (Lipinski definition) is 1. The monoisotopic (exact) mass is 302 g/mol. The molecule has 1 aliphatic rings. The normalized spacial score (nSPS) is 15.7. The van der Waals surface area contributed by atoms with E-state index in [-0.39, 0.29) is 11.9 Å². The van der Waals surface area contributed by atoms with Gasteiger partial charge in [-0.15, -0.1) is 0 Å². The van der Waals surface area contributed by atoms with Crippen LogP contribution in [-0.4, -0.2) is 30.5 Å². The number of rotatable bonds is 7. The first-order valence-electron chi connectivity index (χ1n) is 7.84. The lowest BCUT2D eigenvalue weighted by Gasteiger charge is -2.18. The maximum atomic E-state index is 12.3. The van der Waals surface area contributed by atoms with Crippen molar-refractivity contribution in [2.75, 3.05) is 0 Å². The van der Waals surface area contributed by atoms with E-state index >= 15 is 0 Å². The van der Waals surface area contributed by atoms with Crippen molar-refractivity contribution in [2.24, 2.45) is 5.92 Å². The molecule has 0 saturated heterocycles. The first kappa shape index (κ1) is 14.7. The van der Waals surface area contributed by atoms with Crippen LogP contribution in [0.5, 0.6) is 0 Å². The summed E-state index contributed by atoms with van der Waals surface area (Å²) in [5.74, 6) is 1.40. The van der Waals surface area contributed by atoms with Gasteiger partial charge in [0.1, 0.15) is 12.2 Å². The summed E-state index contributed by atoms with van der Waals surface area (Å²) in [4.78, 5) is 16.6. The summed E-state index contributed by atoms with van der Waals surface area (Å²) in [5.41, 5.74) is 1.07. The number of nitrogens with zero attached hydrogens (tertiary/aromatic N) is 5. The fraction of sp³-hybridized carbons (Fsp3) is 0.600. The highest BCUT2D eigenvalue weighted by Crippen LogP contribution is 2.40. The fourth-order valence-corrected chi connectivity index (χ4v) is 2.67. The van der Waals surface area contributed by atoms with Gasteiger partial charge in [-0.3, -0.25) is 9.48 Å². The van der Waals surface area contributed by atoms with Crippen LogP contribution in [0.1, 0.15) is 43.7 Å². The average Bonchev–Trinajstić information content (AvgIpc) is 3.10. The van der Waals surface area contributed by atoms with Crippen molar-refractivity contribution >= 4 is 5.91 Å². The lowest BCUT2D eigenvalue weighted by Crippen LogP contribution is -2.32. The third kappa shape index (κ3) is 3.18. The summed E-state index contributed by atoms with van der Waals surface area (Å²) in [5, 5.41) is 11.5. The number of aryl methyl sites for hydroxylation is 3. The average molecular weight is 302 g/mol. The van der Waals surface area contributed by atoms with Gasteiger partial charge in [-0.1, -0.05) is 0 Å². The van der Waals surface area contributed by atoms with E-state index in [1.54, 1.807) is 12.5 Å². The molecule has 1 amide bonds. The first-order valence-corrected chi connectivity index (χ1v) is 7.84. The lowest BCUT2D eigenvalue weighted by molar-refractivity contribution is -0.122. The van der Waals surface area contributed by atoms with Gasteiger partial charge in [-0.2, -0.15) is 10.2 Å². The molecule has 0 spiro atoms. The molecule has 3 rings (SSSR count). The Labute approximate surface area is 129 Å². The Hall–Kier alpha value is -2.18. The second kappa shape index (κ2) is 6.29. The molecule has 2 aromatic rings. The van der Waals surface area contributed by atoms with Crippen LogP contribution < -0.4 is 5.32 Å². The van der Waals surface area contributed by atoms with E-state index in [1.165, 1.54) is 0 Å². The van der Waals surface area contributed by atoms with Gasteiger partial charge in [-0.05, 0) is 38.7 Å². The number of amides is 1. The van der Waals surface area contributed by atoms with E-state index < -0.39 is 0 Å². The van der Waals surface area contributed by atoms with Crippen LogP contribution in [0.25, 0.3) is 0 Å². The Balaban J connectivity index is 1.62. The van der Waals surface area contributed by atoms with Gasteiger partial charge in [0.15, 0.2) is 0 Å². The Kier molecular flexibility index (Phi) is 4.22. The molecule has 0 unspecified atom stereocenters. The van der Waals surface area contributed by atoms with E-state index in [4.69, 9.17) is 0 Å². The zero-order valence-corrected chi connectivity index (χ0v) is 13.1. The Morgan fingerprint density at radius 2 is 2.23 bits per heavy atom. The first-order chi connectivity index (χ1) is 10.7. The van der Waals surface area contributed by atoms with Gasteiger partial charge in [0.25, 0.3) is 0 Å². The number of nitrogens with one attached hydrogen (secondary N) is 1. The zero-order valence-electron chi connectivity index (χ0n) is 13.1. The van der Waals surface area contributed by atoms with E-state index in [1.807, 2.05) is 29.3 Å². The standard InChI is InChI=1S/C15H22N6O/c1-3-20-15(16-10-18-20)14(12-4-5-12)19-13(22)7-9-21-11(2)6-8-17-21/h6,8,10,12,14H,3-5,7,9H2,1-2H3,(H,19,22)/t14-/m1/s1. The van der Waals surface area contributed by atoms with Crippen LogP contribution in [-0.2, 0) is 17.9 Å². The predicted octanol–water partition coefficient (Wildman–Crippen LogP) is 1.46. The lowest BCUT2D eigenvalue weighted by atomic mass is 10.1. The van der Waals surface area contributed by atoms with Gasteiger partial charge >= 0.3 is 0 Å². The van der Waals surface area contributed by atoms with Crippen LogP contribution in [0, 0.1) is 12.8 Å². The molecule has 1 aliphatic carbocycles. The molecule has 1 saturated carbocycles. The van der Waals surface area contributed by atoms with E-state index in [2.05, 4.69) is 20.5 Å². The molecule has 1 atom stereocenters. The number of aromatic nitrogens is 5. The van der Waals surface area contributed by atoms with Crippen molar-refractivity contribution < 1.29 is 4.79 Å². The molecule has 0 aromatic carbocycles. The van der Waals surface area contributed by atoms with Crippen molar-refractivity contribution in [3.63, 3.8) is 0 Å². The maximum Gasteiger partial charge on any atom is 0.222 e. The molecule has 1 fully saturated rings. The molecule has 7 heteroatoms. The second-order valence-corrected chi connectivity index (χ2v) is 5.76. The third-order valence-electron chi connectivity index (χ3n) is 4.11. The van der Waals surface area contributed by atoms with Crippen molar-refractivity contribution in [1.82, 2.24) is 29.9 Å². The molecule has 0 bridgehead atoms. The minimum absolute atomic E-state index is 0.0198. The van der Waals surface area contributed by atoms with Gasteiger partial charge in [0, 0.05) is 31.4 Å². The zero-order chi connectivity index (χ0) is 15.5. The van der Waals surface area contributed by atoms with Gasteiger partial charge < -0.3 is 5.32 Å². The van der Waals surface area contributed by atoms with Crippen LogP contribution >= 0.6 is 0 Å². The summed E-state index contributed by atoms with van der Waals surface area (Å²) >= 11 is 0. The number of carbonyl (C=O) groups is 1. The van der Waals surface area contributed by atoms with Crippen LogP contribution in [0.3, 0.4) is 0 Å². The minimum atomic E-state index is -0.0198. The SMILES string of the molecule is CCn1ncnc1[C@H](NC(=O)CCn1nccc1C)C1CC1. The molecule has 7 nitrogen and oxygen atoms in total. The Morgan fingerprint density at radius 1 is 1.41 bits per heavy atom.